The molecule has 0 aromatic carbocycles. The molecule has 10 nitrogen and oxygen atoms in total. The second kappa shape index (κ2) is 4.68. The average molecular weight is 275 g/mol. The number of fused-ring (bicyclic) bond motifs is 2. The van der Waals surface area contributed by atoms with Gasteiger partial charge in [0.25, 0.3) is 6.61 Å². The SMILES string of the molecule is O=[N+]([O-])C(COC1CC2CCC1C2)([N+](=O)[O-])[N+](=O)[O-]. The van der Waals surface area contributed by atoms with E-state index < -0.39 is 27.2 Å². The summed E-state index contributed by atoms with van der Waals surface area (Å²) >= 11 is 0. The number of ether oxygens (including phenoxy) is 1. The number of hydrogen-bond acceptors (Lipinski definition) is 7. The minimum absolute atomic E-state index is 0.216. The summed E-state index contributed by atoms with van der Waals surface area (Å²) in [7, 11) is 0. The maximum Gasteiger partial charge on any atom is 0.723 e. The zero-order valence-electron chi connectivity index (χ0n) is 9.97. The summed E-state index contributed by atoms with van der Waals surface area (Å²) in [5, 5.41) is 32.1. The van der Waals surface area contributed by atoms with Gasteiger partial charge in [0, 0.05) is 0 Å². The predicted octanol–water partition coefficient (Wildman–Crippen LogP) is 0.675. The Hall–Kier alpha value is -1.84. The third kappa shape index (κ3) is 2.11. The van der Waals surface area contributed by atoms with E-state index in [1.54, 1.807) is 0 Å². The van der Waals surface area contributed by atoms with E-state index in [0.29, 0.717) is 12.3 Å². The van der Waals surface area contributed by atoms with Crippen LogP contribution in [0.25, 0.3) is 0 Å². The van der Waals surface area contributed by atoms with Gasteiger partial charge < -0.3 is 4.74 Å². The maximum absolute atomic E-state index is 10.7. The van der Waals surface area contributed by atoms with Crippen molar-refractivity contribution in [3.05, 3.63) is 30.3 Å². The lowest BCUT2D eigenvalue weighted by Gasteiger charge is -2.21. The van der Waals surface area contributed by atoms with Crippen molar-refractivity contribution in [3.63, 3.8) is 0 Å². The van der Waals surface area contributed by atoms with Crippen LogP contribution in [0.3, 0.4) is 0 Å². The number of hydrogen-bond donors (Lipinski definition) is 0. The Balaban J connectivity index is 2.07. The molecule has 19 heavy (non-hydrogen) atoms. The van der Waals surface area contributed by atoms with Crippen LogP contribution in [-0.4, -0.2) is 33.3 Å². The fourth-order valence-electron chi connectivity index (χ4n) is 2.97. The van der Waals surface area contributed by atoms with E-state index in [1.165, 1.54) is 0 Å². The monoisotopic (exact) mass is 275 g/mol. The molecule has 0 aromatic heterocycles. The van der Waals surface area contributed by atoms with E-state index in [2.05, 4.69) is 0 Å². The predicted molar refractivity (Wildman–Crippen MR) is 58.9 cm³/mol. The van der Waals surface area contributed by atoms with Crippen LogP contribution in [0.4, 0.5) is 0 Å². The molecule has 3 atom stereocenters. The van der Waals surface area contributed by atoms with Crippen LogP contribution in [-0.2, 0) is 4.74 Å². The summed E-state index contributed by atoms with van der Waals surface area (Å²) in [6.45, 7) is -1.13. The summed E-state index contributed by atoms with van der Waals surface area (Å²) < 4.78 is 5.16. The van der Waals surface area contributed by atoms with Crippen molar-refractivity contribution < 1.29 is 19.5 Å². The molecule has 0 radical (unpaired) electrons. The van der Waals surface area contributed by atoms with Crippen molar-refractivity contribution in [2.75, 3.05) is 6.61 Å². The molecule has 2 aliphatic rings. The van der Waals surface area contributed by atoms with Gasteiger partial charge >= 0.3 is 5.79 Å². The van der Waals surface area contributed by atoms with Gasteiger partial charge in [0.2, 0.25) is 0 Å². The van der Waals surface area contributed by atoms with Gasteiger partial charge in [-0.15, -0.1) is 0 Å². The molecule has 0 amide bonds. The van der Waals surface area contributed by atoms with Crippen molar-refractivity contribution in [1.82, 2.24) is 0 Å². The van der Waals surface area contributed by atoms with E-state index in [4.69, 9.17) is 4.74 Å². The number of nitro groups is 3. The van der Waals surface area contributed by atoms with Crippen molar-refractivity contribution in [3.8, 4) is 0 Å². The molecule has 3 unspecified atom stereocenters. The zero-order valence-corrected chi connectivity index (χ0v) is 9.97. The van der Waals surface area contributed by atoms with E-state index in [1.807, 2.05) is 0 Å². The highest BCUT2D eigenvalue weighted by atomic mass is 16.7. The van der Waals surface area contributed by atoms with Gasteiger partial charge in [0.05, 0.1) is 6.10 Å². The Morgan fingerprint density at radius 2 is 1.58 bits per heavy atom. The van der Waals surface area contributed by atoms with Gasteiger partial charge in [0.15, 0.2) is 14.8 Å². The van der Waals surface area contributed by atoms with Crippen LogP contribution < -0.4 is 0 Å². The highest BCUT2D eigenvalue weighted by Crippen LogP contribution is 2.46. The maximum atomic E-state index is 10.7. The molecular formula is C9H13N3O7. The number of nitrogens with zero attached hydrogens (tertiary/aromatic N) is 3. The minimum atomic E-state index is -3.50. The largest absolute Gasteiger partial charge is 0.723 e. The van der Waals surface area contributed by atoms with E-state index >= 15 is 0 Å². The Kier molecular flexibility index (Phi) is 3.35. The molecule has 0 heterocycles. The molecule has 0 aliphatic heterocycles. The second-order valence-corrected chi connectivity index (χ2v) is 5.07. The Morgan fingerprint density at radius 1 is 1.00 bits per heavy atom. The van der Waals surface area contributed by atoms with Crippen LogP contribution >= 0.6 is 0 Å². The minimum Gasteiger partial charge on any atom is -0.356 e. The van der Waals surface area contributed by atoms with Gasteiger partial charge in [-0.2, -0.15) is 0 Å². The fraction of sp³-hybridized carbons (Fsp3) is 1.00. The third-order valence-electron chi connectivity index (χ3n) is 4.04. The summed E-state index contributed by atoms with van der Waals surface area (Å²) in [4.78, 5) is 27.6. The van der Waals surface area contributed by atoms with Gasteiger partial charge in [-0.05, 0) is 37.5 Å². The first-order chi connectivity index (χ1) is 8.87. The van der Waals surface area contributed by atoms with Crippen molar-refractivity contribution >= 4 is 0 Å². The van der Waals surface area contributed by atoms with Gasteiger partial charge in [-0.3, -0.25) is 30.3 Å². The summed E-state index contributed by atoms with van der Waals surface area (Å²) in [6, 6.07) is 0. The van der Waals surface area contributed by atoms with Crippen molar-refractivity contribution in [1.29, 1.82) is 0 Å². The highest BCUT2D eigenvalue weighted by Gasteiger charge is 2.71. The van der Waals surface area contributed by atoms with E-state index in [-0.39, 0.29) is 12.0 Å². The molecule has 0 aromatic rings. The first-order valence-corrected chi connectivity index (χ1v) is 5.93. The molecule has 10 heteroatoms. The van der Waals surface area contributed by atoms with Gasteiger partial charge in [0.1, 0.15) is 0 Å². The Labute approximate surface area is 107 Å². The Bertz CT molecular complexity index is 390. The molecule has 2 rings (SSSR count). The molecule has 2 bridgehead atoms. The average Bonchev–Trinajstić information content (AvgIpc) is 2.90. The molecular weight excluding hydrogens is 262 g/mol. The molecule has 0 N–H and O–H groups in total. The lowest BCUT2D eigenvalue weighted by Crippen LogP contribution is -2.57. The van der Waals surface area contributed by atoms with Crippen molar-refractivity contribution in [2.45, 2.75) is 37.6 Å². The van der Waals surface area contributed by atoms with Crippen LogP contribution in [0.1, 0.15) is 25.7 Å². The smallest absolute Gasteiger partial charge is 0.356 e. The van der Waals surface area contributed by atoms with Crippen LogP contribution in [0.2, 0.25) is 0 Å². The van der Waals surface area contributed by atoms with Crippen LogP contribution in [0, 0.1) is 42.2 Å². The topological polar surface area (TPSA) is 139 Å². The summed E-state index contributed by atoms with van der Waals surface area (Å²) in [5.41, 5.74) is 0. The quantitative estimate of drug-likeness (QED) is 0.394. The molecule has 0 spiro atoms. The molecule has 2 aliphatic carbocycles. The lowest BCUT2D eigenvalue weighted by molar-refractivity contribution is -0.970. The molecule has 2 fully saturated rings. The second-order valence-electron chi connectivity index (χ2n) is 5.07. The summed E-state index contributed by atoms with van der Waals surface area (Å²) in [6.07, 6.45) is 3.26. The zero-order chi connectivity index (χ0) is 14.2. The normalized spacial score (nSPS) is 29.4. The van der Waals surface area contributed by atoms with E-state index in [9.17, 15) is 30.3 Å². The van der Waals surface area contributed by atoms with Crippen molar-refractivity contribution in [2.24, 2.45) is 11.8 Å². The molecule has 2 saturated carbocycles. The molecule has 106 valence electrons. The number of rotatable bonds is 6. The first-order valence-electron chi connectivity index (χ1n) is 5.93. The standard InChI is InChI=1S/C9H13N3O7/c13-10(14)9(11(15)16,12(17)18)5-19-8-4-6-1-2-7(8)3-6/h6-8H,1-5H2. The first kappa shape index (κ1) is 13.6. The third-order valence-corrected chi connectivity index (χ3v) is 4.04. The Morgan fingerprint density at radius 3 is 1.95 bits per heavy atom. The fourth-order valence-corrected chi connectivity index (χ4v) is 2.97. The highest BCUT2D eigenvalue weighted by molar-refractivity contribution is 4.90. The van der Waals surface area contributed by atoms with Gasteiger partial charge in [-0.1, -0.05) is 0 Å². The van der Waals surface area contributed by atoms with Crippen LogP contribution in [0.5, 0.6) is 0 Å². The lowest BCUT2D eigenvalue weighted by atomic mass is 9.98. The summed E-state index contributed by atoms with van der Waals surface area (Å²) in [5.74, 6) is -2.80. The van der Waals surface area contributed by atoms with Crippen LogP contribution in [0.15, 0.2) is 0 Å². The molecule has 0 saturated heterocycles. The van der Waals surface area contributed by atoms with E-state index in [0.717, 1.165) is 19.3 Å². The van der Waals surface area contributed by atoms with Gasteiger partial charge in [-0.25, -0.2) is 0 Å².